The van der Waals surface area contributed by atoms with E-state index in [4.69, 9.17) is 9.47 Å². The van der Waals surface area contributed by atoms with Crippen LogP contribution in [0.3, 0.4) is 0 Å². The van der Waals surface area contributed by atoms with E-state index >= 15 is 0 Å². The highest BCUT2D eigenvalue weighted by molar-refractivity contribution is 5.73. The van der Waals surface area contributed by atoms with Gasteiger partial charge in [-0.15, -0.1) is 0 Å². The first-order valence-corrected chi connectivity index (χ1v) is 9.62. The maximum absolute atomic E-state index is 11.2. The maximum Gasteiger partial charge on any atom is 0.228 e. The third-order valence-corrected chi connectivity index (χ3v) is 4.89. The predicted octanol–water partition coefficient (Wildman–Crippen LogP) is 1.16. The van der Waals surface area contributed by atoms with Gasteiger partial charge in [-0.2, -0.15) is 0 Å². The van der Waals surface area contributed by atoms with E-state index < -0.39 is 24.6 Å². The molecule has 1 fully saturated rings. The van der Waals surface area contributed by atoms with Gasteiger partial charge in [-0.25, -0.2) is 0 Å². The number of amides is 1. The number of hydrogen-bond acceptors (Lipinski definition) is 6. The number of rotatable bonds is 6. The van der Waals surface area contributed by atoms with Gasteiger partial charge in [0.2, 0.25) is 12.2 Å². The van der Waals surface area contributed by atoms with Crippen LogP contribution >= 0.6 is 0 Å². The Hall–Kier alpha value is -2.45. The summed E-state index contributed by atoms with van der Waals surface area (Å²) in [6, 6.07) is 13.6. The van der Waals surface area contributed by atoms with Crippen LogP contribution in [0, 0.1) is 6.92 Å². The quantitative estimate of drug-likeness (QED) is 0.579. The molecule has 156 valence electrons. The van der Waals surface area contributed by atoms with Crippen molar-refractivity contribution in [1.82, 2.24) is 5.32 Å². The van der Waals surface area contributed by atoms with E-state index in [2.05, 4.69) is 11.4 Å². The number of carbonyl (C=O) groups excluding carboxylic acids is 1. The van der Waals surface area contributed by atoms with Gasteiger partial charge in [0.1, 0.15) is 24.1 Å². The maximum atomic E-state index is 11.2. The van der Waals surface area contributed by atoms with Crippen LogP contribution < -0.4 is 10.1 Å². The Kier molecular flexibility index (Phi) is 6.87. The zero-order valence-electron chi connectivity index (χ0n) is 16.5. The fraction of sp³-hybridized carbons (Fsp3) is 0.409. The van der Waals surface area contributed by atoms with Gasteiger partial charge in [0, 0.05) is 13.5 Å². The molecule has 29 heavy (non-hydrogen) atoms. The number of aliphatic hydroxyl groups excluding tert-OH is 3. The average Bonchev–Trinajstić information content (AvgIpc) is 2.69. The summed E-state index contributed by atoms with van der Waals surface area (Å²) in [4.78, 5) is 11.2. The highest BCUT2D eigenvalue weighted by Gasteiger charge is 2.39. The van der Waals surface area contributed by atoms with Gasteiger partial charge in [0.25, 0.3) is 0 Å². The molecule has 4 atom stereocenters. The van der Waals surface area contributed by atoms with E-state index in [1.54, 1.807) is 6.07 Å². The number of carbonyl (C=O) groups is 1. The van der Waals surface area contributed by atoms with Crippen molar-refractivity contribution < 1.29 is 29.6 Å². The van der Waals surface area contributed by atoms with E-state index in [1.165, 1.54) is 6.92 Å². The highest BCUT2D eigenvalue weighted by atomic mass is 16.7. The average molecular weight is 401 g/mol. The monoisotopic (exact) mass is 401 g/mol. The Bertz CT molecular complexity index is 855. The summed E-state index contributed by atoms with van der Waals surface area (Å²) in [5, 5.41) is 32.4. The molecule has 1 heterocycles. The molecule has 0 spiro atoms. The third kappa shape index (κ3) is 5.33. The van der Waals surface area contributed by atoms with Crippen molar-refractivity contribution in [1.29, 1.82) is 0 Å². The van der Waals surface area contributed by atoms with Crippen molar-refractivity contribution >= 4 is 5.91 Å². The largest absolute Gasteiger partial charge is 0.462 e. The van der Waals surface area contributed by atoms with Gasteiger partial charge in [0.05, 0.1) is 6.61 Å². The third-order valence-electron chi connectivity index (χ3n) is 4.89. The van der Waals surface area contributed by atoms with Gasteiger partial charge in [-0.3, -0.25) is 4.79 Å². The molecule has 2 aromatic carbocycles. The second-order valence-corrected chi connectivity index (χ2v) is 7.29. The SMILES string of the molecule is CC(=O)NCCc1ccc(OC2OC[C@H](O)[C@H](O)[C@@H]2O)cc1-c1cccc(C)c1. The van der Waals surface area contributed by atoms with Crippen LogP contribution in [0.4, 0.5) is 0 Å². The smallest absolute Gasteiger partial charge is 0.228 e. The highest BCUT2D eigenvalue weighted by Crippen LogP contribution is 2.30. The van der Waals surface area contributed by atoms with Crippen LogP contribution in [0.5, 0.6) is 5.75 Å². The molecule has 1 unspecified atom stereocenters. The first-order valence-electron chi connectivity index (χ1n) is 9.62. The fourth-order valence-corrected chi connectivity index (χ4v) is 3.32. The van der Waals surface area contributed by atoms with Crippen molar-refractivity contribution in [2.45, 2.75) is 44.9 Å². The van der Waals surface area contributed by atoms with Crippen molar-refractivity contribution in [3.05, 3.63) is 53.6 Å². The van der Waals surface area contributed by atoms with Gasteiger partial charge in [-0.1, -0.05) is 35.9 Å². The molecule has 7 heteroatoms. The summed E-state index contributed by atoms with van der Waals surface area (Å²) in [5.41, 5.74) is 4.11. The molecule has 1 amide bonds. The number of aryl methyl sites for hydroxylation is 1. The molecule has 0 radical (unpaired) electrons. The summed E-state index contributed by atoms with van der Waals surface area (Å²) < 4.78 is 11.1. The van der Waals surface area contributed by atoms with E-state index in [1.807, 2.05) is 37.3 Å². The van der Waals surface area contributed by atoms with E-state index in [-0.39, 0.29) is 12.5 Å². The summed E-state index contributed by atoms with van der Waals surface area (Å²) >= 11 is 0. The predicted molar refractivity (Wildman–Crippen MR) is 107 cm³/mol. The van der Waals surface area contributed by atoms with E-state index in [0.29, 0.717) is 18.7 Å². The van der Waals surface area contributed by atoms with Crippen LogP contribution in [0.1, 0.15) is 18.1 Å². The number of nitrogens with one attached hydrogen (secondary N) is 1. The molecule has 4 N–H and O–H groups in total. The van der Waals surface area contributed by atoms with Crippen LogP contribution in [-0.2, 0) is 16.0 Å². The molecule has 1 aliphatic heterocycles. The molecular weight excluding hydrogens is 374 g/mol. The Morgan fingerprint density at radius 2 is 1.97 bits per heavy atom. The Balaban J connectivity index is 1.85. The Labute approximate surface area is 169 Å². The zero-order valence-corrected chi connectivity index (χ0v) is 16.5. The lowest BCUT2D eigenvalue weighted by atomic mass is 9.96. The first-order chi connectivity index (χ1) is 13.8. The van der Waals surface area contributed by atoms with Crippen LogP contribution in [0.25, 0.3) is 11.1 Å². The zero-order chi connectivity index (χ0) is 21.0. The lowest BCUT2D eigenvalue weighted by Crippen LogP contribution is -2.54. The summed E-state index contributed by atoms with van der Waals surface area (Å²) in [6.45, 7) is 3.89. The Morgan fingerprint density at radius 3 is 2.69 bits per heavy atom. The standard InChI is InChI=1S/C22H27NO6/c1-13-4-3-5-16(10-13)18-11-17(7-6-15(18)8-9-23-14(2)24)29-22-21(27)20(26)19(25)12-28-22/h3-7,10-11,19-22,25-27H,8-9,12H2,1-2H3,(H,23,24)/t19-,20-,21-,22?/m0/s1. The molecule has 1 saturated heterocycles. The van der Waals surface area contributed by atoms with E-state index in [0.717, 1.165) is 22.3 Å². The minimum Gasteiger partial charge on any atom is -0.462 e. The number of benzene rings is 2. The summed E-state index contributed by atoms with van der Waals surface area (Å²) in [6.07, 6.45) is -4.27. The van der Waals surface area contributed by atoms with Crippen molar-refractivity contribution in [3.63, 3.8) is 0 Å². The Morgan fingerprint density at radius 1 is 1.17 bits per heavy atom. The minimum atomic E-state index is -1.36. The minimum absolute atomic E-state index is 0.0776. The second-order valence-electron chi connectivity index (χ2n) is 7.29. The van der Waals surface area contributed by atoms with Crippen LogP contribution in [0.2, 0.25) is 0 Å². The number of ether oxygens (including phenoxy) is 2. The van der Waals surface area contributed by atoms with Crippen molar-refractivity contribution in [2.75, 3.05) is 13.2 Å². The molecule has 0 bridgehead atoms. The molecule has 0 saturated carbocycles. The fourth-order valence-electron chi connectivity index (χ4n) is 3.32. The molecular formula is C22H27NO6. The van der Waals surface area contributed by atoms with Crippen LogP contribution in [0.15, 0.2) is 42.5 Å². The van der Waals surface area contributed by atoms with Gasteiger partial charge in [-0.05, 0) is 42.2 Å². The molecule has 3 rings (SSSR count). The lowest BCUT2D eigenvalue weighted by molar-refractivity contribution is -0.242. The van der Waals surface area contributed by atoms with Gasteiger partial charge >= 0.3 is 0 Å². The van der Waals surface area contributed by atoms with Gasteiger partial charge in [0.15, 0.2) is 0 Å². The number of aliphatic hydroxyl groups is 3. The second kappa shape index (κ2) is 9.37. The molecule has 2 aromatic rings. The number of hydrogen-bond donors (Lipinski definition) is 4. The topological polar surface area (TPSA) is 108 Å². The molecule has 0 aromatic heterocycles. The summed E-state index contributed by atoms with van der Waals surface area (Å²) in [7, 11) is 0. The van der Waals surface area contributed by atoms with Crippen molar-refractivity contribution in [2.24, 2.45) is 0 Å². The van der Waals surface area contributed by atoms with Crippen molar-refractivity contribution in [3.8, 4) is 16.9 Å². The molecule has 0 aliphatic carbocycles. The lowest BCUT2D eigenvalue weighted by Gasteiger charge is -2.35. The summed E-state index contributed by atoms with van der Waals surface area (Å²) in [5.74, 6) is 0.392. The van der Waals surface area contributed by atoms with Crippen LogP contribution in [-0.4, -0.2) is 59.0 Å². The normalized spacial score (nSPS) is 24.2. The first kappa shape index (κ1) is 21.3. The van der Waals surface area contributed by atoms with Gasteiger partial charge < -0.3 is 30.1 Å². The molecule has 1 aliphatic rings. The molecule has 7 nitrogen and oxygen atoms in total. The van der Waals surface area contributed by atoms with E-state index in [9.17, 15) is 20.1 Å².